The quantitative estimate of drug-likeness (QED) is 0.256. The molecule has 0 bridgehead atoms. The van der Waals surface area contributed by atoms with Crippen LogP contribution < -0.4 is 5.32 Å². The van der Waals surface area contributed by atoms with E-state index in [1.165, 1.54) is 0 Å². The first-order valence-corrected chi connectivity index (χ1v) is 6.25. The van der Waals surface area contributed by atoms with Crippen LogP contribution in [-0.4, -0.2) is 92.3 Å². The smallest absolute Gasteiger partial charge is 0.332 e. The highest BCUT2D eigenvalue weighted by atomic mass is 16.5. The Balaban J connectivity index is 2.95. The molecule has 0 saturated carbocycles. The van der Waals surface area contributed by atoms with Crippen molar-refractivity contribution < 1.29 is 45.0 Å². The Morgan fingerprint density at radius 1 is 1.29 bits per heavy atom. The van der Waals surface area contributed by atoms with Gasteiger partial charge in [0.25, 0.3) is 0 Å². The molecule has 0 aliphatic carbocycles. The Hall–Kier alpha value is -1.30. The molecule has 0 aromatic carbocycles. The number of rotatable bonds is 6. The molecule has 0 radical (unpaired) electrons. The highest BCUT2D eigenvalue weighted by molar-refractivity contribution is 5.77. The number of aliphatic hydroxyl groups excluding tert-OH is 5. The van der Waals surface area contributed by atoms with Crippen molar-refractivity contribution in [3.8, 4) is 0 Å². The van der Waals surface area contributed by atoms with Crippen LogP contribution in [0, 0.1) is 0 Å². The number of aliphatic hydroxyl groups is 5. The van der Waals surface area contributed by atoms with Crippen molar-refractivity contribution in [3.05, 3.63) is 0 Å². The van der Waals surface area contributed by atoms with E-state index < -0.39 is 61.7 Å². The molecule has 1 aliphatic rings. The zero-order valence-electron chi connectivity index (χ0n) is 11.0. The van der Waals surface area contributed by atoms with Crippen LogP contribution in [0.3, 0.4) is 0 Å². The fraction of sp³-hybridized carbons (Fsp3) is 0.818. The van der Waals surface area contributed by atoms with Crippen LogP contribution in [0.15, 0.2) is 0 Å². The van der Waals surface area contributed by atoms with Gasteiger partial charge in [-0.25, -0.2) is 4.79 Å². The van der Waals surface area contributed by atoms with E-state index in [4.69, 9.17) is 20.1 Å². The SMILES string of the molecule is O=C(CO)N[C@H]1[C@H]([C@H](O)[C@H](O)CO)OC(C(=O)O)C[C@@H]1O. The van der Waals surface area contributed by atoms with Crippen molar-refractivity contribution in [1.82, 2.24) is 5.32 Å². The van der Waals surface area contributed by atoms with Crippen molar-refractivity contribution in [3.63, 3.8) is 0 Å². The summed E-state index contributed by atoms with van der Waals surface area (Å²) in [6.07, 6.45) is -8.01. The minimum Gasteiger partial charge on any atom is -0.479 e. The number of hydrogen-bond acceptors (Lipinski definition) is 8. The highest BCUT2D eigenvalue weighted by Crippen LogP contribution is 2.24. The normalized spacial score (nSPS) is 32.2. The summed E-state index contributed by atoms with van der Waals surface area (Å²) < 4.78 is 5.08. The molecule has 6 atom stereocenters. The van der Waals surface area contributed by atoms with Crippen LogP contribution in [-0.2, 0) is 14.3 Å². The lowest BCUT2D eigenvalue weighted by molar-refractivity contribution is -0.196. The van der Waals surface area contributed by atoms with Crippen LogP contribution in [0.4, 0.5) is 0 Å². The molecule has 122 valence electrons. The highest BCUT2D eigenvalue weighted by Gasteiger charge is 2.46. The number of carboxylic acids is 1. The van der Waals surface area contributed by atoms with Crippen molar-refractivity contribution >= 4 is 11.9 Å². The van der Waals surface area contributed by atoms with Gasteiger partial charge < -0.3 is 40.7 Å². The third-order valence-electron chi connectivity index (χ3n) is 3.21. The van der Waals surface area contributed by atoms with Gasteiger partial charge in [0, 0.05) is 6.42 Å². The van der Waals surface area contributed by atoms with E-state index >= 15 is 0 Å². The Bertz CT molecular complexity index is 377. The largest absolute Gasteiger partial charge is 0.479 e. The lowest BCUT2D eigenvalue weighted by Gasteiger charge is -2.41. The Morgan fingerprint density at radius 3 is 2.38 bits per heavy atom. The van der Waals surface area contributed by atoms with Crippen molar-refractivity contribution in [2.45, 2.75) is 43.0 Å². The second kappa shape index (κ2) is 7.64. The fourth-order valence-electron chi connectivity index (χ4n) is 2.10. The number of hydrogen-bond donors (Lipinski definition) is 7. The van der Waals surface area contributed by atoms with Crippen LogP contribution in [0.5, 0.6) is 0 Å². The first-order valence-electron chi connectivity index (χ1n) is 6.25. The number of aliphatic carboxylic acids is 1. The summed E-state index contributed by atoms with van der Waals surface area (Å²) >= 11 is 0. The van der Waals surface area contributed by atoms with Crippen LogP contribution >= 0.6 is 0 Å². The van der Waals surface area contributed by atoms with Gasteiger partial charge in [0.2, 0.25) is 5.91 Å². The molecule has 0 aromatic heterocycles. The van der Waals surface area contributed by atoms with Crippen molar-refractivity contribution in [2.24, 2.45) is 0 Å². The Kier molecular flexibility index (Phi) is 6.45. The van der Waals surface area contributed by atoms with Gasteiger partial charge in [0.05, 0.1) is 18.8 Å². The molecule has 0 spiro atoms. The van der Waals surface area contributed by atoms with Crippen LogP contribution in [0.1, 0.15) is 6.42 Å². The molecule has 1 amide bonds. The molecule has 1 aliphatic heterocycles. The van der Waals surface area contributed by atoms with Crippen molar-refractivity contribution in [2.75, 3.05) is 13.2 Å². The molecule has 0 aromatic rings. The summed E-state index contributed by atoms with van der Waals surface area (Å²) in [6, 6.07) is -1.24. The monoisotopic (exact) mass is 309 g/mol. The zero-order chi connectivity index (χ0) is 16.2. The molecule has 7 N–H and O–H groups in total. The molecule has 10 nitrogen and oxygen atoms in total. The van der Waals surface area contributed by atoms with Gasteiger partial charge in [0.1, 0.15) is 24.9 Å². The standard InChI is InChI=1S/C11H19NO9/c13-2-5(16)9(18)10-8(12-7(17)3-14)4(15)1-6(21-10)11(19)20/h4-6,8-10,13-16,18H,1-3H2,(H,12,17)(H,19,20)/t4-,5+,6?,8+,9+,10+/m0/s1. The van der Waals surface area contributed by atoms with Gasteiger partial charge in [0.15, 0.2) is 6.10 Å². The third-order valence-corrected chi connectivity index (χ3v) is 3.21. The topological polar surface area (TPSA) is 177 Å². The number of carbonyl (C=O) groups excluding carboxylic acids is 1. The summed E-state index contributed by atoms with van der Waals surface area (Å²) in [7, 11) is 0. The lowest BCUT2D eigenvalue weighted by Crippen LogP contribution is -2.63. The molecule has 1 fully saturated rings. The van der Waals surface area contributed by atoms with E-state index in [0.717, 1.165) is 0 Å². The molecular formula is C11H19NO9. The van der Waals surface area contributed by atoms with E-state index in [1.807, 2.05) is 0 Å². The van der Waals surface area contributed by atoms with Gasteiger partial charge in [-0.05, 0) is 0 Å². The number of ether oxygens (including phenoxy) is 1. The summed E-state index contributed by atoms with van der Waals surface area (Å²) in [5.74, 6) is -2.25. The summed E-state index contributed by atoms with van der Waals surface area (Å²) in [6.45, 7) is -1.70. The van der Waals surface area contributed by atoms with Gasteiger partial charge in [-0.3, -0.25) is 4.79 Å². The molecule has 1 rings (SSSR count). The molecule has 10 heteroatoms. The van der Waals surface area contributed by atoms with E-state index in [0.29, 0.717) is 0 Å². The fourth-order valence-corrected chi connectivity index (χ4v) is 2.10. The number of carboxylic acid groups (broad SMARTS) is 1. The number of amides is 1. The minimum atomic E-state index is -1.74. The summed E-state index contributed by atoms with van der Waals surface area (Å²) in [5.41, 5.74) is 0. The maximum Gasteiger partial charge on any atom is 0.332 e. The summed E-state index contributed by atoms with van der Waals surface area (Å²) in [4.78, 5) is 22.1. The second-order valence-corrected chi connectivity index (χ2v) is 4.72. The molecular weight excluding hydrogens is 290 g/mol. The Labute approximate surface area is 119 Å². The molecule has 1 heterocycles. The summed E-state index contributed by atoms with van der Waals surface area (Å²) in [5, 5.41) is 57.8. The average molecular weight is 309 g/mol. The average Bonchev–Trinajstić information content (AvgIpc) is 2.46. The predicted octanol–water partition coefficient (Wildman–Crippen LogP) is -4.22. The number of nitrogens with one attached hydrogen (secondary N) is 1. The van der Waals surface area contributed by atoms with E-state index in [-0.39, 0.29) is 6.42 Å². The van der Waals surface area contributed by atoms with Gasteiger partial charge in [-0.2, -0.15) is 0 Å². The van der Waals surface area contributed by atoms with Crippen LogP contribution in [0.25, 0.3) is 0 Å². The predicted molar refractivity (Wildman–Crippen MR) is 65.0 cm³/mol. The zero-order valence-corrected chi connectivity index (χ0v) is 11.0. The molecule has 1 saturated heterocycles. The third kappa shape index (κ3) is 4.33. The maximum absolute atomic E-state index is 11.2. The van der Waals surface area contributed by atoms with Gasteiger partial charge in [-0.1, -0.05) is 0 Å². The molecule has 21 heavy (non-hydrogen) atoms. The molecule has 1 unspecified atom stereocenters. The Morgan fingerprint density at radius 2 is 1.90 bits per heavy atom. The first kappa shape index (κ1) is 17.8. The van der Waals surface area contributed by atoms with Gasteiger partial charge in [-0.15, -0.1) is 0 Å². The minimum absolute atomic E-state index is 0.343. The maximum atomic E-state index is 11.2. The number of carbonyl (C=O) groups is 2. The lowest BCUT2D eigenvalue weighted by atomic mass is 9.90. The first-order chi connectivity index (χ1) is 9.81. The van der Waals surface area contributed by atoms with Gasteiger partial charge >= 0.3 is 5.97 Å². The van der Waals surface area contributed by atoms with Crippen LogP contribution in [0.2, 0.25) is 0 Å². The van der Waals surface area contributed by atoms with E-state index in [2.05, 4.69) is 5.32 Å². The van der Waals surface area contributed by atoms with E-state index in [1.54, 1.807) is 0 Å². The van der Waals surface area contributed by atoms with Crippen molar-refractivity contribution in [1.29, 1.82) is 0 Å². The second-order valence-electron chi connectivity index (χ2n) is 4.72. The van der Waals surface area contributed by atoms with E-state index in [9.17, 15) is 24.9 Å².